The van der Waals surface area contributed by atoms with Crippen LogP contribution in [-0.2, 0) is 22.6 Å². The summed E-state index contributed by atoms with van der Waals surface area (Å²) in [5, 5.41) is 14.2. The van der Waals surface area contributed by atoms with E-state index in [1.54, 1.807) is 13.2 Å². The van der Waals surface area contributed by atoms with Crippen molar-refractivity contribution in [1.29, 1.82) is 0 Å². The first-order valence-corrected chi connectivity index (χ1v) is 12.9. The molecule has 0 saturated carbocycles. The third-order valence-electron chi connectivity index (χ3n) is 6.15. The predicted molar refractivity (Wildman–Crippen MR) is 150 cm³/mol. The molecule has 0 spiro atoms. The molecule has 0 bridgehead atoms. The van der Waals surface area contributed by atoms with Crippen molar-refractivity contribution in [3.8, 4) is 17.2 Å². The van der Waals surface area contributed by atoms with Crippen LogP contribution < -0.4 is 19.5 Å². The molecule has 3 aromatic carbocycles. The molecule has 0 heterocycles. The molecule has 10 heteroatoms. The molecule has 40 heavy (non-hydrogen) atoms. The minimum absolute atomic E-state index is 0.0122. The second kappa shape index (κ2) is 14.5. The number of rotatable bonds is 14. The standard InChI is InChI=1S/C30H35N3O7/c1-21(2)18-31-30(35)27(16-22-9-6-5-7-10-22)32(19-23-11-8-12-24(15-23)38-3)29(34)20-40-25-13-14-26(33(36)37)28(17-25)39-4/h5-15,17,21,27H,16,18-20H2,1-4H3,(H,31,35). The highest BCUT2D eigenvalue weighted by atomic mass is 16.6. The Labute approximate surface area is 234 Å². The van der Waals surface area contributed by atoms with E-state index in [-0.39, 0.29) is 35.6 Å². The fourth-order valence-corrected chi connectivity index (χ4v) is 4.07. The van der Waals surface area contributed by atoms with Crippen LogP contribution in [0.25, 0.3) is 0 Å². The molecule has 3 aromatic rings. The smallest absolute Gasteiger partial charge is 0.311 e. The third kappa shape index (κ3) is 8.45. The van der Waals surface area contributed by atoms with Gasteiger partial charge in [-0.3, -0.25) is 19.7 Å². The maximum atomic E-state index is 13.7. The molecule has 10 nitrogen and oxygen atoms in total. The molecule has 0 radical (unpaired) electrons. The maximum Gasteiger partial charge on any atom is 0.311 e. The summed E-state index contributed by atoms with van der Waals surface area (Å²) in [5.41, 5.74) is 1.46. The molecular weight excluding hydrogens is 514 g/mol. The third-order valence-corrected chi connectivity index (χ3v) is 6.15. The van der Waals surface area contributed by atoms with E-state index >= 15 is 0 Å². The Bertz CT molecular complexity index is 1300. The number of nitrogens with zero attached hydrogens (tertiary/aromatic N) is 2. The average molecular weight is 550 g/mol. The van der Waals surface area contributed by atoms with E-state index < -0.39 is 23.5 Å². The number of benzene rings is 3. The molecule has 0 aliphatic heterocycles. The monoisotopic (exact) mass is 549 g/mol. The van der Waals surface area contributed by atoms with Gasteiger partial charge in [-0.1, -0.05) is 56.3 Å². The van der Waals surface area contributed by atoms with E-state index in [1.807, 2.05) is 62.4 Å². The van der Waals surface area contributed by atoms with Gasteiger partial charge < -0.3 is 24.4 Å². The Morgan fingerprint density at radius 2 is 1.65 bits per heavy atom. The van der Waals surface area contributed by atoms with Gasteiger partial charge in [0.05, 0.1) is 19.1 Å². The lowest BCUT2D eigenvalue weighted by Gasteiger charge is -2.31. The van der Waals surface area contributed by atoms with Crippen molar-refractivity contribution in [3.63, 3.8) is 0 Å². The predicted octanol–water partition coefficient (Wildman–Crippen LogP) is 4.40. The van der Waals surface area contributed by atoms with Crippen molar-refractivity contribution in [1.82, 2.24) is 10.2 Å². The zero-order valence-electron chi connectivity index (χ0n) is 23.2. The normalized spacial score (nSPS) is 11.4. The topological polar surface area (TPSA) is 120 Å². The van der Waals surface area contributed by atoms with Gasteiger partial charge in [0.25, 0.3) is 5.91 Å². The van der Waals surface area contributed by atoms with E-state index in [4.69, 9.17) is 14.2 Å². The maximum absolute atomic E-state index is 13.7. The highest BCUT2D eigenvalue weighted by molar-refractivity contribution is 5.88. The van der Waals surface area contributed by atoms with Gasteiger partial charge in [0.15, 0.2) is 6.61 Å². The lowest BCUT2D eigenvalue weighted by Crippen LogP contribution is -2.52. The lowest BCUT2D eigenvalue weighted by atomic mass is 10.0. The summed E-state index contributed by atoms with van der Waals surface area (Å²) in [7, 11) is 2.88. The Balaban J connectivity index is 1.92. The Morgan fingerprint density at radius 1 is 0.925 bits per heavy atom. The number of carbonyl (C=O) groups excluding carboxylic acids is 2. The van der Waals surface area contributed by atoms with Crippen molar-refractivity contribution in [3.05, 3.63) is 94.0 Å². The van der Waals surface area contributed by atoms with E-state index in [0.29, 0.717) is 18.7 Å². The summed E-state index contributed by atoms with van der Waals surface area (Å²) in [6, 6.07) is 20.0. The second-order valence-corrected chi connectivity index (χ2v) is 9.60. The van der Waals surface area contributed by atoms with Crippen molar-refractivity contribution >= 4 is 17.5 Å². The fraction of sp³-hybridized carbons (Fsp3) is 0.333. The van der Waals surface area contributed by atoms with Gasteiger partial charge in [-0.15, -0.1) is 0 Å². The van der Waals surface area contributed by atoms with Crippen LogP contribution in [-0.4, -0.2) is 55.1 Å². The Kier molecular flexibility index (Phi) is 10.9. The van der Waals surface area contributed by atoms with Crippen LogP contribution in [0.3, 0.4) is 0 Å². The van der Waals surface area contributed by atoms with Gasteiger partial charge in [0.1, 0.15) is 17.5 Å². The summed E-state index contributed by atoms with van der Waals surface area (Å²) >= 11 is 0. The minimum Gasteiger partial charge on any atom is -0.497 e. The SMILES string of the molecule is COc1cccc(CN(C(=O)COc2ccc([N+](=O)[O-])c(OC)c2)C(Cc2ccccc2)C(=O)NCC(C)C)c1. The molecule has 1 N–H and O–H groups in total. The largest absolute Gasteiger partial charge is 0.497 e. The summed E-state index contributed by atoms with van der Waals surface area (Å²) in [6.07, 6.45) is 0.297. The van der Waals surface area contributed by atoms with Crippen LogP contribution in [0.2, 0.25) is 0 Å². The summed E-state index contributed by atoms with van der Waals surface area (Å²) in [5.74, 6) is 0.387. The molecular formula is C30H35N3O7. The summed E-state index contributed by atoms with van der Waals surface area (Å²) in [4.78, 5) is 39.4. The van der Waals surface area contributed by atoms with Crippen LogP contribution in [0, 0.1) is 16.0 Å². The molecule has 0 aliphatic rings. The van der Waals surface area contributed by atoms with Crippen molar-refractivity contribution < 1.29 is 28.7 Å². The van der Waals surface area contributed by atoms with E-state index in [9.17, 15) is 19.7 Å². The van der Waals surface area contributed by atoms with Gasteiger partial charge in [-0.2, -0.15) is 0 Å². The molecule has 0 aliphatic carbocycles. The van der Waals surface area contributed by atoms with E-state index in [1.165, 1.54) is 30.2 Å². The first kappa shape index (κ1) is 29.9. The number of nitrogens with one attached hydrogen (secondary N) is 1. The Morgan fingerprint density at radius 3 is 2.30 bits per heavy atom. The first-order chi connectivity index (χ1) is 19.2. The van der Waals surface area contributed by atoms with Gasteiger partial charge in [0, 0.05) is 31.6 Å². The second-order valence-electron chi connectivity index (χ2n) is 9.60. The zero-order chi connectivity index (χ0) is 29.1. The Hall–Kier alpha value is -4.60. The number of carbonyl (C=O) groups is 2. The van der Waals surface area contributed by atoms with Gasteiger partial charge in [0.2, 0.25) is 11.7 Å². The number of hydrogen-bond acceptors (Lipinski definition) is 7. The molecule has 1 atom stereocenters. The average Bonchev–Trinajstić information content (AvgIpc) is 2.96. The molecule has 0 aromatic heterocycles. The van der Waals surface area contributed by atoms with Crippen LogP contribution in [0.15, 0.2) is 72.8 Å². The lowest BCUT2D eigenvalue weighted by molar-refractivity contribution is -0.385. The van der Waals surface area contributed by atoms with Gasteiger partial charge in [-0.25, -0.2) is 0 Å². The fourth-order valence-electron chi connectivity index (χ4n) is 4.07. The van der Waals surface area contributed by atoms with Gasteiger partial charge >= 0.3 is 5.69 Å². The zero-order valence-corrected chi connectivity index (χ0v) is 23.2. The van der Waals surface area contributed by atoms with Crippen molar-refractivity contribution in [2.45, 2.75) is 32.9 Å². The molecule has 1 unspecified atom stereocenters. The molecule has 0 saturated heterocycles. The highest BCUT2D eigenvalue weighted by Gasteiger charge is 2.31. The van der Waals surface area contributed by atoms with Crippen LogP contribution in [0.4, 0.5) is 5.69 Å². The van der Waals surface area contributed by atoms with Crippen LogP contribution >= 0.6 is 0 Å². The van der Waals surface area contributed by atoms with Gasteiger partial charge in [-0.05, 0) is 35.2 Å². The van der Waals surface area contributed by atoms with Crippen molar-refractivity contribution in [2.75, 3.05) is 27.4 Å². The summed E-state index contributed by atoms with van der Waals surface area (Å²) in [6.45, 7) is 4.20. The number of ether oxygens (including phenoxy) is 3. The van der Waals surface area contributed by atoms with Crippen LogP contribution in [0.5, 0.6) is 17.2 Å². The number of nitro groups is 1. The molecule has 212 valence electrons. The minimum atomic E-state index is -0.824. The number of nitro benzene ring substituents is 1. The first-order valence-electron chi connectivity index (χ1n) is 12.9. The molecule has 0 fully saturated rings. The van der Waals surface area contributed by atoms with Crippen molar-refractivity contribution in [2.24, 2.45) is 5.92 Å². The van der Waals surface area contributed by atoms with E-state index in [2.05, 4.69) is 5.32 Å². The number of amides is 2. The van der Waals surface area contributed by atoms with Crippen LogP contribution in [0.1, 0.15) is 25.0 Å². The quantitative estimate of drug-likeness (QED) is 0.234. The molecule has 3 rings (SSSR count). The molecule has 2 amide bonds. The number of methoxy groups -OCH3 is 2. The number of hydrogen-bond donors (Lipinski definition) is 1. The highest BCUT2D eigenvalue weighted by Crippen LogP contribution is 2.31. The summed E-state index contributed by atoms with van der Waals surface area (Å²) < 4.78 is 16.2. The van der Waals surface area contributed by atoms with E-state index in [0.717, 1.165) is 11.1 Å².